The highest BCUT2D eigenvalue weighted by Crippen LogP contribution is 2.41. The SMILES string of the molecule is COC1(CC(O)C(CN)c2c(F)cccc2Cl)CCC1. The fourth-order valence-electron chi connectivity index (χ4n) is 2.92. The largest absolute Gasteiger partial charge is 0.392 e. The molecule has 2 atom stereocenters. The first-order valence-corrected chi connectivity index (χ1v) is 7.28. The number of aliphatic hydroxyl groups is 1. The van der Waals surface area contributed by atoms with E-state index in [1.165, 1.54) is 6.07 Å². The topological polar surface area (TPSA) is 55.5 Å². The van der Waals surface area contributed by atoms with Crippen molar-refractivity contribution in [3.63, 3.8) is 0 Å². The second kappa shape index (κ2) is 6.39. The van der Waals surface area contributed by atoms with Gasteiger partial charge in [0.05, 0.1) is 11.7 Å². The highest BCUT2D eigenvalue weighted by Gasteiger charge is 2.41. The first-order chi connectivity index (χ1) is 9.53. The van der Waals surface area contributed by atoms with Crippen LogP contribution < -0.4 is 5.73 Å². The summed E-state index contributed by atoms with van der Waals surface area (Å²) in [6.07, 6.45) is 2.62. The normalized spacial score (nSPS) is 20.2. The van der Waals surface area contributed by atoms with Gasteiger partial charge >= 0.3 is 0 Å². The Hall–Kier alpha value is -0.680. The summed E-state index contributed by atoms with van der Waals surface area (Å²) in [5.74, 6) is -0.941. The second-order valence-electron chi connectivity index (χ2n) is 5.49. The van der Waals surface area contributed by atoms with Crippen molar-refractivity contribution >= 4 is 11.6 Å². The molecule has 1 aromatic rings. The third kappa shape index (κ3) is 2.98. The van der Waals surface area contributed by atoms with Crippen LogP contribution in [0.4, 0.5) is 4.39 Å². The fourth-order valence-corrected chi connectivity index (χ4v) is 3.22. The quantitative estimate of drug-likeness (QED) is 0.849. The number of halogens is 2. The maximum absolute atomic E-state index is 14.0. The molecular weight excluding hydrogens is 281 g/mol. The van der Waals surface area contributed by atoms with Gasteiger partial charge < -0.3 is 15.6 Å². The van der Waals surface area contributed by atoms with Crippen LogP contribution >= 0.6 is 11.6 Å². The summed E-state index contributed by atoms with van der Waals surface area (Å²) in [5, 5.41) is 10.8. The van der Waals surface area contributed by atoms with E-state index in [9.17, 15) is 9.50 Å². The van der Waals surface area contributed by atoms with E-state index in [-0.39, 0.29) is 12.1 Å². The van der Waals surface area contributed by atoms with Gasteiger partial charge in [-0.05, 0) is 31.4 Å². The zero-order chi connectivity index (χ0) is 14.8. The van der Waals surface area contributed by atoms with Crippen molar-refractivity contribution < 1.29 is 14.2 Å². The Balaban J connectivity index is 2.19. The van der Waals surface area contributed by atoms with Crippen molar-refractivity contribution in [3.05, 3.63) is 34.6 Å². The summed E-state index contributed by atoms with van der Waals surface area (Å²) < 4.78 is 19.5. The van der Waals surface area contributed by atoms with Crippen molar-refractivity contribution in [2.24, 2.45) is 5.73 Å². The number of hydrogen-bond donors (Lipinski definition) is 2. The van der Waals surface area contributed by atoms with E-state index in [0.29, 0.717) is 17.0 Å². The van der Waals surface area contributed by atoms with E-state index >= 15 is 0 Å². The lowest BCUT2D eigenvalue weighted by Crippen LogP contribution is -2.44. The van der Waals surface area contributed by atoms with Gasteiger partial charge in [-0.3, -0.25) is 0 Å². The van der Waals surface area contributed by atoms with Gasteiger partial charge in [-0.25, -0.2) is 4.39 Å². The third-order valence-corrected chi connectivity index (χ3v) is 4.70. The maximum Gasteiger partial charge on any atom is 0.128 e. The lowest BCUT2D eigenvalue weighted by atomic mass is 9.73. The molecule has 0 spiro atoms. The van der Waals surface area contributed by atoms with Crippen molar-refractivity contribution in [1.29, 1.82) is 0 Å². The van der Waals surface area contributed by atoms with E-state index in [2.05, 4.69) is 0 Å². The Kier molecular flexibility index (Phi) is 5.02. The molecule has 20 heavy (non-hydrogen) atoms. The molecule has 5 heteroatoms. The Morgan fingerprint density at radius 2 is 2.20 bits per heavy atom. The molecule has 1 saturated carbocycles. The molecule has 1 aliphatic rings. The molecule has 3 N–H and O–H groups in total. The molecule has 0 radical (unpaired) electrons. The van der Waals surface area contributed by atoms with Crippen LogP contribution in [-0.4, -0.2) is 30.5 Å². The lowest BCUT2D eigenvalue weighted by Gasteiger charge is -2.43. The van der Waals surface area contributed by atoms with Gasteiger partial charge in [0.1, 0.15) is 5.82 Å². The third-order valence-electron chi connectivity index (χ3n) is 4.37. The van der Waals surface area contributed by atoms with Crippen LogP contribution in [0.1, 0.15) is 37.2 Å². The lowest BCUT2D eigenvalue weighted by molar-refractivity contribution is -0.102. The number of hydrogen-bond acceptors (Lipinski definition) is 3. The summed E-state index contributed by atoms with van der Waals surface area (Å²) in [6, 6.07) is 4.50. The Bertz CT molecular complexity index is 439. The van der Waals surface area contributed by atoms with Gasteiger partial charge in [0.25, 0.3) is 0 Å². The van der Waals surface area contributed by atoms with Gasteiger partial charge in [0, 0.05) is 36.6 Å². The van der Waals surface area contributed by atoms with E-state index in [1.54, 1.807) is 19.2 Å². The summed E-state index contributed by atoms with van der Waals surface area (Å²) in [4.78, 5) is 0. The first kappa shape index (κ1) is 15.7. The van der Waals surface area contributed by atoms with Crippen LogP contribution in [0.3, 0.4) is 0 Å². The van der Waals surface area contributed by atoms with E-state index < -0.39 is 17.8 Å². The molecular formula is C15H21ClFNO2. The molecule has 112 valence electrons. The predicted molar refractivity (Wildman–Crippen MR) is 77.4 cm³/mol. The van der Waals surface area contributed by atoms with Crippen molar-refractivity contribution in [1.82, 2.24) is 0 Å². The molecule has 0 heterocycles. The van der Waals surface area contributed by atoms with Crippen molar-refractivity contribution in [3.8, 4) is 0 Å². The minimum atomic E-state index is -0.769. The van der Waals surface area contributed by atoms with E-state index in [4.69, 9.17) is 22.1 Å². The Morgan fingerprint density at radius 3 is 2.65 bits per heavy atom. The highest BCUT2D eigenvalue weighted by atomic mass is 35.5. The zero-order valence-electron chi connectivity index (χ0n) is 11.6. The molecule has 0 bridgehead atoms. The number of benzene rings is 1. The highest BCUT2D eigenvalue weighted by molar-refractivity contribution is 6.31. The van der Waals surface area contributed by atoms with Crippen LogP contribution in [0.2, 0.25) is 5.02 Å². The Labute approximate surface area is 123 Å². The van der Waals surface area contributed by atoms with Gasteiger partial charge in [0.2, 0.25) is 0 Å². The number of nitrogens with two attached hydrogens (primary N) is 1. The Morgan fingerprint density at radius 1 is 1.50 bits per heavy atom. The monoisotopic (exact) mass is 301 g/mol. The summed E-state index contributed by atoms with van der Waals surface area (Å²) >= 11 is 6.06. The molecule has 1 fully saturated rings. The number of aliphatic hydroxyl groups excluding tert-OH is 1. The summed E-state index contributed by atoms with van der Waals surface area (Å²) in [5.41, 5.74) is 5.75. The van der Waals surface area contributed by atoms with Crippen LogP contribution in [0.15, 0.2) is 18.2 Å². The van der Waals surface area contributed by atoms with Crippen LogP contribution in [0, 0.1) is 5.82 Å². The summed E-state index contributed by atoms with van der Waals surface area (Å²) in [6.45, 7) is 0.140. The zero-order valence-corrected chi connectivity index (χ0v) is 12.4. The first-order valence-electron chi connectivity index (χ1n) is 6.90. The minimum absolute atomic E-state index is 0.140. The van der Waals surface area contributed by atoms with Crippen LogP contribution in [-0.2, 0) is 4.74 Å². The van der Waals surface area contributed by atoms with Crippen molar-refractivity contribution in [2.45, 2.75) is 43.3 Å². The average molecular weight is 302 g/mol. The molecule has 0 aromatic heterocycles. The summed E-state index contributed by atoms with van der Waals surface area (Å²) in [7, 11) is 1.65. The number of methoxy groups -OCH3 is 1. The van der Waals surface area contributed by atoms with Crippen LogP contribution in [0.25, 0.3) is 0 Å². The number of rotatable bonds is 6. The average Bonchev–Trinajstić information content (AvgIpc) is 2.38. The molecule has 1 aliphatic carbocycles. The van der Waals surface area contributed by atoms with Gasteiger partial charge in [-0.2, -0.15) is 0 Å². The van der Waals surface area contributed by atoms with Crippen molar-refractivity contribution in [2.75, 3.05) is 13.7 Å². The molecule has 0 aliphatic heterocycles. The molecule has 3 nitrogen and oxygen atoms in total. The molecule has 0 amide bonds. The van der Waals surface area contributed by atoms with Gasteiger partial charge in [0.15, 0.2) is 0 Å². The molecule has 2 rings (SSSR count). The predicted octanol–water partition coefficient (Wildman–Crippen LogP) is 2.84. The minimum Gasteiger partial charge on any atom is -0.392 e. The molecule has 1 aromatic carbocycles. The smallest absolute Gasteiger partial charge is 0.128 e. The maximum atomic E-state index is 14.0. The van der Waals surface area contributed by atoms with Gasteiger partial charge in [-0.1, -0.05) is 17.7 Å². The number of ether oxygens (including phenoxy) is 1. The fraction of sp³-hybridized carbons (Fsp3) is 0.600. The van der Waals surface area contributed by atoms with E-state index in [1.807, 2.05) is 0 Å². The van der Waals surface area contributed by atoms with Gasteiger partial charge in [-0.15, -0.1) is 0 Å². The molecule has 0 saturated heterocycles. The van der Waals surface area contributed by atoms with E-state index in [0.717, 1.165) is 19.3 Å². The van der Waals surface area contributed by atoms with Crippen LogP contribution in [0.5, 0.6) is 0 Å². The molecule has 2 unspecified atom stereocenters. The standard InChI is InChI=1S/C15H21ClFNO2/c1-20-15(6-3-7-15)8-13(19)10(9-18)14-11(16)4-2-5-12(14)17/h2,4-5,10,13,19H,3,6-9,18H2,1H3. The second-order valence-corrected chi connectivity index (χ2v) is 5.90.